The lowest BCUT2D eigenvalue weighted by atomic mass is 10.0. The highest BCUT2D eigenvalue weighted by molar-refractivity contribution is 5.56. The van der Waals surface area contributed by atoms with Crippen molar-refractivity contribution in [3.8, 4) is 11.5 Å². The Morgan fingerprint density at radius 3 is 2.65 bits per heavy atom. The minimum atomic E-state index is -0.479. The van der Waals surface area contributed by atoms with E-state index in [1.807, 2.05) is 0 Å². The minimum absolute atomic E-state index is 0.0600. The second kappa shape index (κ2) is 4.56. The molecule has 0 aliphatic carbocycles. The van der Waals surface area contributed by atoms with Gasteiger partial charge < -0.3 is 20.9 Å². The molecule has 1 aromatic carbocycles. The van der Waals surface area contributed by atoms with Crippen LogP contribution in [0.25, 0.3) is 0 Å². The first-order chi connectivity index (χ1) is 8.13. The summed E-state index contributed by atoms with van der Waals surface area (Å²) in [7, 11) is 0. The summed E-state index contributed by atoms with van der Waals surface area (Å²) in [6, 6.07) is 2.42. The molecule has 0 amide bonds. The number of fused-ring (bicyclic) bond motifs is 1. The van der Waals surface area contributed by atoms with Crippen LogP contribution in [0.5, 0.6) is 11.5 Å². The molecule has 0 spiro atoms. The van der Waals surface area contributed by atoms with E-state index >= 15 is 0 Å². The molecule has 1 heterocycles. The topological polar surface area (TPSA) is 114 Å². The summed E-state index contributed by atoms with van der Waals surface area (Å²) in [6.07, 6.45) is 0.473. The lowest BCUT2D eigenvalue weighted by Crippen LogP contribution is -2.16. The molecule has 0 bridgehead atoms. The van der Waals surface area contributed by atoms with Gasteiger partial charge in [-0.2, -0.15) is 0 Å². The summed E-state index contributed by atoms with van der Waals surface area (Å²) < 4.78 is 10.3. The monoisotopic (exact) mass is 239 g/mol. The van der Waals surface area contributed by atoms with Gasteiger partial charge in [0.05, 0.1) is 16.6 Å². The molecule has 4 N–H and O–H groups in total. The number of nitro benzene ring substituents is 1. The van der Waals surface area contributed by atoms with Gasteiger partial charge in [0.25, 0.3) is 5.69 Å². The van der Waals surface area contributed by atoms with E-state index in [2.05, 4.69) is 0 Å². The molecular formula is C10H13N3O4. The van der Waals surface area contributed by atoms with Crippen LogP contribution in [0.15, 0.2) is 12.1 Å². The molecule has 7 nitrogen and oxygen atoms in total. The second-order valence-corrected chi connectivity index (χ2v) is 3.71. The van der Waals surface area contributed by atoms with Gasteiger partial charge in [-0.15, -0.1) is 0 Å². The lowest BCUT2D eigenvalue weighted by molar-refractivity contribution is -0.385. The van der Waals surface area contributed by atoms with Crippen molar-refractivity contribution in [2.45, 2.75) is 12.5 Å². The van der Waals surface area contributed by atoms with E-state index in [1.54, 1.807) is 6.07 Å². The van der Waals surface area contributed by atoms with E-state index < -0.39 is 11.0 Å². The minimum Gasteiger partial charge on any atom is -0.454 e. The average molecular weight is 239 g/mol. The van der Waals surface area contributed by atoms with E-state index in [0.717, 1.165) is 0 Å². The number of nitrogens with two attached hydrogens (primary N) is 2. The van der Waals surface area contributed by atoms with Crippen molar-refractivity contribution in [1.29, 1.82) is 0 Å². The Bertz CT molecular complexity index is 449. The van der Waals surface area contributed by atoms with Crippen LogP contribution in [-0.4, -0.2) is 18.3 Å². The number of hydrogen-bond acceptors (Lipinski definition) is 6. The molecule has 17 heavy (non-hydrogen) atoms. The van der Waals surface area contributed by atoms with Crippen LogP contribution in [-0.2, 0) is 0 Å². The number of benzene rings is 1. The second-order valence-electron chi connectivity index (χ2n) is 3.71. The predicted molar refractivity (Wildman–Crippen MR) is 59.8 cm³/mol. The van der Waals surface area contributed by atoms with E-state index in [4.69, 9.17) is 20.9 Å². The summed E-state index contributed by atoms with van der Waals surface area (Å²) in [5.74, 6) is 0.860. The molecular weight excluding hydrogens is 226 g/mol. The standard InChI is InChI=1S/C10H13N3O4/c11-2-1-7(12)6-3-9-10(17-5-16-9)4-8(6)13(14)15/h3-4,7H,1-2,5,11-12H2/t7-/m1/s1. The molecule has 0 saturated carbocycles. The van der Waals surface area contributed by atoms with Gasteiger partial charge >= 0.3 is 0 Å². The van der Waals surface area contributed by atoms with E-state index in [9.17, 15) is 10.1 Å². The SMILES string of the molecule is NCC[C@@H](N)c1cc2c(cc1[N+](=O)[O-])OCO2. The molecule has 0 aromatic heterocycles. The van der Waals surface area contributed by atoms with Crippen LogP contribution in [0.1, 0.15) is 18.0 Å². The maximum atomic E-state index is 11.0. The van der Waals surface area contributed by atoms with Crippen LogP contribution in [0.4, 0.5) is 5.69 Å². The van der Waals surface area contributed by atoms with Gasteiger partial charge in [-0.25, -0.2) is 0 Å². The molecule has 1 aliphatic rings. The Hall–Kier alpha value is -1.86. The number of nitrogens with zero attached hydrogens (tertiary/aromatic N) is 1. The normalized spacial score (nSPS) is 14.7. The molecule has 7 heteroatoms. The van der Waals surface area contributed by atoms with Crippen LogP contribution in [0, 0.1) is 10.1 Å². The van der Waals surface area contributed by atoms with Crippen molar-refractivity contribution in [2.24, 2.45) is 11.5 Å². The molecule has 0 saturated heterocycles. The fourth-order valence-corrected chi connectivity index (χ4v) is 1.74. The fraction of sp³-hybridized carbons (Fsp3) is 0.400. The highest BCUT2D eigenvalue weighted by Gasteiger charge is 2.26. The molecule has 0 radical (unpaired) electrons. The van der Waals surface area contributed by atoms with Crippen molar-refractivity contribution >= 4 is 5.69 Å². The quantitative estimate of drug-likeness (QED) is 0.589. The van der Waals surface area contributed by atoms with Crippen LogP contribution in [0.3, 0.4) is 0 Å². The van der Waals surface area contributed by atoms with Crippen molar-refractivity contribution in [1.82, 2.24) is 0 Å². The Morgan fingerprint density at radius 2 is 2.06 bits per heavy atom. The van der Waals surface area contributed by atoms with Gasteiger partial charge in [0.15, 0.2) is 11.5 Å². The van der Waals surface area contributed by atoms with Gasteiger partial charge in [0.1, 0.15) is 0 Å². The summed E-state index contributed by atoms with van der Waals surface area (Å²) in [5.41, 5.74) is 11.6. The Labute approximate surface area is 97.4 Å². The summed E-state index contributed by atoms with van der Waals surface area (Å²) in [4.78, 5) is 10.5. The maximum Gasteiger partial charge on any atom is 0.278 e. The fourth-order valence-electron chi connectivity index (χ4n) is 1.74. The van der Waals surface area contributed by atoms with Gasteiger partial charge in [-0.3, -0.25) is 10.1 Å². The number of hydrogen-bond donors (Lipinski definition) is 2. The van der Waals surface area contributed by atoms with Gasteiger partial charge in [0, 0.05) is 6.04 Å². The Kier molecular flexibility index (Phi) is 3.12. The molecule has 1 atom stereocenters. The van der Waals surface area contributed by atoms with Crippen molar-refractivity contribution in [2.75, 3.05) is 13.3 Å². The zero-order valence-electron chi connectivity index (χ0n) is 9.09. The molecule has 92 valence electrons. The van der Waals surface area contributed by atoms with E-state index in [-0.39, 0.29) is 12.5 Å². The Balaban J connectivity index is 2.45. The summed E-state index contributed by atoms with van der Waals surface area (Å²) in [6.45, 7) is 0.439. The third kappa shape index (κ3) is 2.15. The predicted octanol–water partition coefficient (Wildman–Crippen LogP) is 0.672. The zero-order chi connectivity index (χ0) is 12.4. The van der Waals surface area contributed by atoms with Crippen molar-refractivity contribution in [3.63, 3.8) is 0 Å². The molecule has 0 fully saturated rings. The largest absolute Gasteiger partial charge is 0.454 e. The highest BCUT2D eigenvalue weighted by atomic mass is 16.7. The third-order valence-electron chi connectivity index (χ3n) is 2.60. The molecule has 1 aliphatic heterocycles. The zero-order valence-corrected chi connectivity index (χ0v) is 9.09. The third-order valence-corrected chi connectivity index (χ3v) is 2.60. The number of nitro groups is 1. The van der Waals surface area contributed by atoms with Gasteiger partial charge in [-0.1, -0.05) is 0 Å². The summed E-state index contributed by atoms with van der Waals surface area (Å²) >= 11 is 0. The van der Waals surface area contributed by atoms with Crippen LogP contribution >= 0.6 is 0 Å². The smallest absolute Gasteiger partial charge is 0.278 e. The number of ether oxygens (including phenoxy) is 2. The lowest BCUT2D eigenvalue weighted by Gasteiger charge is -2.11. The van der Waals surface area contributed by atoms with E-state index in [1.165, 1.54) is 6.07 Å². The van der Waals surface area contributed by atoms with Crippen LogP contribution in [0.2, 0.25) is 0 Å². The van der Waals surface area contributed by atoms with E-state index in [0.29, 0.717) is 30.0 Å². The first-order valence-corrected chi connectivity index (χ1v) is 5.17. The first kappa shape index (κ1) is 11.6. The first-order valence-electron chi connectivity index (χ1n) is 5.17. The molecule has 0 unspecified atom stereocenters. The van der Waals surface area contributed by atoms with Crippen molar-refractivity contribution < 1.29 is 14.4 Å². The molecule has 1 aromatic rings. The van der Waals surface area contributed by atoms with Gasteiger partial charge in [-0.05, 0) is 19.0 Å². The highest BCUT2D eigenvalue weighted by Crippen LogP contribution is 2.40. The maximum absolute atomic E-state index is 11.0. The summed E-state index contributed by atoms with van der Waals surface area (Å²) in [5, 5.41) is 11.0. The van der Waals surface area contributed by atoms with Gasteiger partial charge in [0.2, 0.25) is 6.79 Å². The Morgan fingerprint density at radius 1 is 1.41 bits per heavy atom. The number of rotatable bonds is 4. The average Bonchev–Trinajstić information content (AvgIpc) is 2.74. The van der Waals surface area contributed by atoms with Crippen LogP contribution < -0.4 is 20.9 Å². The van der Waals surface area contributed by atoms with Crippen molar-refractivity contribution in [3.05, 3.63) is 27.8 Å². The molecule has 2 rings (SSSR count).